The van der Waals surface area contributed by atoms with Crippen molar-refractivity contribution in [2.45, 2.75) is 6.54 Å². The molecule has 0 saturated carbocycles. The summed E-state index contributed by atoms with van der Waals surface area (Å²) in [6.07, 6.45) is 0. The summed E-state index contributed by atoms with van der Waals surface area (Å²) in [6.45, 7) is 0.593. The normalized spacial score (nSPS) is 10.6. The van der Waals surface area contributed by atoms with Crippen LogP contribution < -0.4 is 5.32 Å². The average molecular weight is 388 g/mol. The molecule has 5 heteroatoms. The van der Waals surface area contributed by atoms with Gasteiger partial charge in [0, 0.05) is 17.8 Å². The van der Waals surface area contributed by atoms with Crippen molar-refractivity contribution in [2.24, 2.45) is 0 Å². The summed E-state index contributed by atoms with van der Waals surface area (Å²) < 4.78 is 4.78. The summed E-state index contributed by atoms with van der Waals surface area (Å²) in [7, 11) is 1.35. The number of methoxy groups -OCH3 is 1. The molecular weight excluding hydrogens is 364 g/mol. The van der Waals surface area contributed by atoms with Gasteiger partial charge in [-0.3, -0.25) is 14.5 Å². The Kier molecular flexibility index (Phi) is 7.14. The molecule has 0 radical (unpaired) electrons. The van der Waals surface area contributed by atoms with Gasteiger partial charge < -0.3 is 10.1 Å². The first-order valence-electron chi connectivity index (χ1n) is 9.43. The summed E-state index contributed by atoms with van der Waals surface area (Å²) in [5.41, 5.74) is 3.73. The molecule has 0 unspecified atom stereocenters. The van der Waals surface area contributed by atoms with Crippen molar-refractivity contribution in [1.29, 1.82) is 0 Å². The molecular formula is C24H24N2O3. The first kappa shape index (κ1) is 20.3. The number of benzene rings is 3. The number of anilines is 1. The summed E-state index contributed by atoms with van der Waals surface area (Å²) in [4.78, 5) is 26.3. The van der Waals surface area contributed by atoms with E-state index in [4.69, 9.17) is 4.74 Å². The zero-order chi connectivity index (χ0) is 20.5. The molecule has 0 aromatic heterocycles. The molecule has 1 amide bonds. The minimum absolute atomic E-state index is 0.0408. The largest absolute Gasteiger partial charge is 0.468 e. The Morgan fingerprint density at radius 3 is 2.14 bits per heavy atom. The van der Waals surface area contributed by atoms with Crippen LogP contribution in [-0.4, -0.2) is 37.0 Å². The lowest BCUT2D eigenvalue weighted by Crippen LogP contribution is -2.37. The molecule has 5 nitrogen and oxygen atoms in total. The standard InChI is InChI=1S/C24H24N2O3/c1-29-24(28)18-26(16-19-10-4-2-5-11-19)17-23(27)25-22-15-9-8-14-21(22)20-12-6-3-7-13-20/h2-15H,16-18H2,1H3,(H,25,27). The maximum Gasteiger partial charge on any atom is 0.319 e. The van der Waals surface area contributed by atoms with Gasteiger partial charge in [-0.05, 0) is 17.2 Å². The van der Waals surface area contributed by atoms with E-state index in [-0.39, 0.29) is 25.0 Å². The van der Waals surface area contributed by atoms with E-state index >= 15 is 0 Å². The maximum absolute atomic E-state index is 12.8. The number of carbonyl (C=O) groups is 2. The number of carbonyl (C=O) groups excluding carboxylic acids is 2. The molecule has 0 heterocycles. The third-order valence-corrected chi connectivity index (χ3v) is 4.48. The topological polar surface area (TPSA) is 58.6 Å². The zero-order valence-electron chi connectivity index (χ0n) is 16.4. The second-order valence-electron chi connectivity index (χ2n) is 6.67. The van der Waals surface area contributed by atoms with Gasteiger partial charge in [-0.25, -0.2) is 0 Å². The van der Waals surface area contributed by atoms with Crippen LogP contribution in [0.2, 0.25) is 0 Å². The number of para-hydroxylation sites is 1. The first-order valence-corrected chi connectivity index (χ1v) is 9.43. The van der Waals surface area contributed by atoms with Crippen LogP contribution in [0.5, 0.6) is 0 Å². The van der Waals surface area contributed by atoms with Gasteiger partial charge in [0.1, 0.15) is 0 Å². The predicted octanol–water partition coefficient (Wildman–Crippen LogP) is 3.97. The number of hydrogen-bond donors (Lipinski definition) is 1. The number of rotatable bonds is 8. The van der Waals surface area contributed by atoms with Crippen LogP contribution in [0.1, 0.15) is 5.56 Å². The SMILES string of the molecule is COC(=O)CN(CC(=O)Nc1ccccc1-c1ccccc1)Cc1ccccc1. The van der Waals surface area contributed by atoms with Crippen molar-refractivity contribution >= 4 is 17.6 Å². The molecule has 0 aliphatic rings. The molecule has 0 aliphatic heterocycles. The minimum Gasteiger partial charge on any atom is -0.468 e. The molecule has 0 saturated heterocycles. The molecule has 3 aromatic carbocycles. The van der Waals surface area contributed by atoms with Gasteiger partial charge in [0.2, 0.25) is 5.91 Å². The van der Waals surface area contributed by atoms with E-state index < -0.39 is 0 Å². The van der Waals surface area contributed by atoms with Crippen LogP contribution in [0.15, 0.2) is 84.9 Å². The third-order valence-electron chi connectivity index (χ3n) is 4.48. The Hall–Kier alpha value is -3.44. The summed E-state index contributed by atoms with van der Waals surface area (Å²) in [5, 5.41) is 2.98. The molecule has 3 rings (SSSR count). The highest BCUT2D eigenvalue weighted by molar-refractivity contribution is 5.96. The zero-order valence-corrected chi connectivity index (χ0v) is 16.4. The molecule has 3 aromatic rings. The fourth-order valence-electron chi connectivity index (χ4n) is 3.11. The maximum atomic E-state index is 12.8. The molecule has 148 valence electrons. The van der Waals surface area contributed by atoms with Crippen molar-refractivity contribution in [3.05, 3.63) is 90.5 Å². The lowest BCUT2D eigenvalue weighted by Gasteiger charge is -2.21. The molecule has 0 fully saturated rings. The summed E-state index contributed by atoms with van der Waals surface area (Å²) >= 11 is 0. The molecule has 1 N–H and O–H groups in total. The third kappa shape index (κ3) is 6.02. The van der Waals surface area contributed by atoms with E-state index in [0.717, 1.165) is 22.4 Å². The Bertz CT molecular complexity index is 943. The van der Waals surface area contributed by atoms with Crippen LogP contribution in [0.25, 0.3) is 11.1 Å². The number of hydrogen-bond acceptors (Lipinski definition) is 4. The highest BCUT2D eigenvalue weighted by Gasteiger charge is 2.16. The fraction of sp³-hybridized carbons (Fsp3) is 0.167. The van der Waals surface area contributed by atoms with E-state index in [9.17, 15) is 9.59 Å². The smallest absolute Gasteiger partial charge is 0.319 e. The predicted molar refractivity (Wildman–Crippen MR) is 114 cm³/mol. The molecule has 0 aliphatic carbocycles. The van der Waals surface area contributed by atoms with Gasteiger partial charge in [-0.15, -0.1) is 0 Å². The molecule has 0 atom stereocenters. The number of nitrogens with one attached hydrogen (secondary N) is 1. The highest BCUT2D eigenvalue weighted by atomic mass is 16.5. The number of amides is 1. The minimum atomic E-state index is -0.376. The lowest BCUT2D eigenvalue weighted by molar-refractivity contribution is -0.142. The Balaban J connectivity index is 1.72. The van der Waals surface area contributed by atoms with Crippen LogP contribution in [0, 0.1) is 0 Å². The van der Waals surface area contributed by atoms with Gasteiger partial charge in [0.25, 0.3) is 0 Å². The van der Waals surface area contributed by atoms with Crippen LogP contribution in [0.3, 0.4) is 0 Å². The monoisotopic (exact) mass is 388 g/mol. The Morgan fingerprint density at radius 1 is 0.828 bits per heavy atom. The van der Waals surface area contributed by atoms with Gasteiger partial charge in [0.15, 0.2) is 0 Å². The second-order valence-corrected chi connectivity index (χ2v) is 6.67. The highest BCUT2D eigenvalue weighted by Crippen LogP contribution is 2.27. The van der Waals surface area contributed by atoms with E-state index in [1.807, 2.05) is 84.9 Å². The average Bonchev–Trinajstić information content (AvgIpc) is 2.75. The molecule has 0 bridgehead atoms. The van der Waals surface area contributed by atoms with Gasteiger partial charge in [-0.1, -0.05) is 78.9 Å². The first-order chi connectivity index (χ1) is 14.2. The van der Waals surface area contributed by atoms with Crippen LogP contribution in [0.4, 0.5) is 5.69 Å². The quantitative estimate of drug-likeness (QED) is 0.593. The van der Waals surface area contributed by atoms with Crippen molar-refractivity contribution < 1.29 is 14.3 Å². The fourth-order valence-corrected chi connectivity index (χ4v) is 3.11. The Morgan fingerprint density at radius 2 is 1.45 bits per heavy atom. The van der Waals surface area contributed by atoms with Crippen molar-refractivity contribution in [1.82, 2.24) is 4.90 Å². The van der Waals surface area contributed by atoms with Crippen molar-refractivity contribution in [2.75, 3.05) is 25.5 Å². The van der Waals surface area contributed by atoms with E-state index in [1.54, 1.807) is 4.90 Å². The van der Waals surface area contributed by atoms with Gasteiger partial charge in [0.05, 0.1) is 20.2 Å². The van der Waals surface area contributed by atoms with E-state index in [0.29, 0.717) is 6.54 Å². The van der Waals surface area contributed by atoms with Crippen LogP contribution in [-0.2, 0) is 20.9 Å². The number of ether oxygens (including phenoxy) is 1. The van der Waals surface area contributed by atoms with Gasteiger partial charge in [-0.2, -0.15) is 0 Å². The summed E-state index contributed by atoms with van der Waals surface area (Å²) in [5.74, 6) is -0.563. The Labute approximate surface area is 170 Å². The van der Waals surface area contributed by atoms with E-state index in [2.05, 4.69) is 5.32 Å². The molecule has 29 heavy (non-hydrogen) atoms. The molecule has 0 spiro atoms. The lowest BCUT2D eigenvalue weighted by atomic mass is 10.0. The summed E-state index contributed by atoms with van der Waals surface area (Å²) in [6, 6.07) is 27.3. The van der Waals surface area contributed by atoms with E-state index in [1.165, 1.54) is 7.11 Å². The van der Waals surface area contributed by atoms with Crippen molar-refractivity contribution in [3.8, 4) is 11.1 Å². The van der Waals surface area contributed by atoms with Crippen LogP contribution >= 0.6 is 0 Å². The van der Waals surface area contributed by atoms with Gasteiger partial charge >= 0.3 is 5.97 Å². The number of nitrogens with zero attached hydrogens (tertiary/aromatic N) is 1. The van der Waals surface area contributed by atoms with Crippen molar-refractivity contribution in [3.63, 3.8) is 0 Å². The second kappa shape index (κ2) is 10.2. The number of esters is 1.